The number of carbonyl (C=O) groups is 1. The SMILES string of the molecule is CCC(CC)(CCl)NC(=O)c1cc(OC)ccc1O. The van der Waals surface area contributed by atoms with Gasteiger partial charge < -0.3 is 15.2 Å². The Morgan fingerprint density at radius 3 is 2.53 bits per heavy atom. The van der Waals surface area contributed by atoms with Gasteiger partial charge in [0.25, 0.3) is 5.91 Å². The van der Waals surface area contributed by atoms with Crippen LogP contribution in [-0.2, 0) is 0 Å². The van der Waals surface area contributed by atoms with Crippen molar-refractivity contribution < 1.29 is 14.6 Å². The van der Waals surface area contributed by atoms with E-state index in [4.69, 9.17) is 16.3 Å². The number of benzene rings is 1. The number of aromatic hydroxyl groups is 1. The number of rotatable bonds is 6. The predicted molar refractivity (Wildman–Crippen MR) is 76.2 cm³/mol. The molecule has 106 valence electrons. The van der Waals surface area contributed by atoms with Crippen molar-refractivity contribution in [3.8, 4) is 11.5 Å². The Morgan fingerprint density at radius 2 is 2.05 bits per heavy atom. The summed E-state index contributed by atoms with van der Waals surface area (Å²) in [7, 11) is 1.51. The molecule has 0 atom stereocenters. The summed E-state index contributed by atoms with van der Waals surface area (Å²) in [6.45, 7) is 3.94. The summed E-state index contributed by atoms with van der Waals surface area (Å²) in [4.78, 5) is 12.2. The van der Waals surface area contributed by atoms with Crippen molar-refractivity contribution >= 4 is 17.5 Å². The van der Waals surface area contributed by atoms with E-state index in [1.807, 2.05) is 13.8 Å². The van der Waals surface area contributed by atoms with E-state index in [2.05, 4.69) is 5.32 Å². The highest BCUT2D eigenvalue weighted by Crippen LogP contribution is 2.25. The van der Waals surface area contributed by atoms with Crippen LogP contribution in [0.15, 0.2) is 18.2 Å². The summed E-state index contributed by atoms with van der Waals surface area (Å²) in [5, 5.41) is 12.7. The molecule has 0 fully saturated rings. The second-order valence-electron chi connectivity index (χ2n) is 4.46. The van der Waals surface area contributed by atoms with E-state index in [1.165, 1.54) is 19.2 Å². The number of ether oxygens (including phenoxy) is 1. The number of halogens is 1. The highest BCUT2D eigenvalue weighted by Gasteiger charge is 2.28. The standard InChI is InChI=1S/C14H20ClNO3/c1-4-14(5-2,9-15)16-13(18)11-8-10(19-3)6-7-12(11)17/h6-8,17H,4-5,9H2,1-3H3,(H,16,18). The molecule has 0 spiro atoms. The average Bonchev–Trinajstić information content (AvgIpc) is 2.45. The molecule has 19 heavy (non-hydrogen) atoms. The third-order valence-electron chi connectivity index (χ3n) is 3.44. The van der Waals surface area contributed by atoms with E-state index in [9.17, 15) is 9.90 Å². The van der Waals surface area contributed by atoms with Crippen LogP contribution >= 0.6 is 11.6 Å². The summed E-state index contributed by atoms with van der Waals surface area (Å²) in [5.74, 6) is 0.429. The van der Waals surface area contributed by atoms with Crippen molar-refractivity contribution in [3.63, 3.8) is 0 Å². The van der Waals surface area contributed by atoms with Crippen LogP contribution in [0.4, 0.5) is 0 Å². The van der Waals surface area contributed by atoms with Crippen LogP contribution in [0.2, 0.25) is 0 Å². The van der Waals surface area contributed by atoms with Gasteiger partial charge in [0.1, 0.15) is 11.5 Å². The van der Waals surface area contributed by atoms with Crippen LogP contribution < -0.4 is 10.1 Å². The van der Waals surface area contributed by atoms with Gasteiger partial charge in [-0.1, -0.05) is 13.8 Å². The van der Waals surface area contributed by atoms with E-state index in [0.717, 1.165) is 12.8 Å². The number of phenolic OH excluding ortho intramolecular Hbond substituents is 1. The molecule has 0 aromatic heterocycles. The number of nitrogens with one attached hydrogen (secondary N) is 1. The van der Waals surface area contributed by atoms with Gasteiger partial charge in [0.15, 0.2) is 0 Å². The van der Waals surface area contributed by atoms with Gasteiger partial charge in [0.05, 0.1) is 18.2 Å². The largest absolute Gasteiger partial charge is 0.507 e. The number of methoxy groups -OCH3 is 1. The number of amides is 1. The fourth-order valence-corrected chi connectivity index (χ4v) is 2.23. The Bertz CT molecular complexity index is 436. The Morgan fingerprint density at radius 1 is 1.42 bits per heavy atom. The summed E-state index contributed by atoms with van der Waals surface area (Å²) < 4.78 is 5.05. The first-order valence-corrected chi connectivity index (χ1v) is 6.80. The molecule has 2 N–H and O–H groups in total. The monoisotopic (exact) mass is 285 g/mol. The molecule has 0 saturated heterocycles. The maximum Gasteiger partial charge on any atom is 0.255 e. The molecule has 1 aromatic carbocycles. The highest BCUT2D eigenvalue weighted by atomic mass is 35.5. The van der Waals surface area contributed by atoms with Crippen molar-refractivity contribution in [3.05, 3.63) is 23.8 Å². The van der Waals surface area contributed by atoms with Crippen LogP contribution in [0.3, 0.4) is 0 Å². The van der Waals surface area contributed by atoms with Crippen molar-refractivity contribution in [2.24, 2.45) is 0 Å². The highest BCUT2D eigenvalue weighted by molar-refractivity contribution is 6.19. The van der Waals surface area contributed by atoms with Gasteiger partial charge >= 0.3 is 0 Å². The van der Waals surface area contributed by atoms with Gasteiger partial charge in [-0.2, -0.15) is 0 Å². The third kappa shape index (κ3) is 3.53. The Kier molecular flexibility index (Phi) is 5.48. The summed E-state index contributed by atoms with van der Waals surface area (Å²) in [5.41, 5.74) is -0.260. The molecule has 0 radical (unpaired) electrons. The lowest BCUT2D eigenvalue weighted by Gasteiger charge is -2.30. The first-order chi connectivity index (χ1) is 9.01. The Hall–Kier alpha value is -1.42. The first kappa shape index (κ1) is 15.6. The van der Waals surface area contributed by atoms with Crippen LogP contribution in [0.25, 0.3) is 0 Å². The molecule has 0 aliphatic heterocycles. The summed E-state index contributed by atoms with van der Waals surface area (Å²) in [6.07, 6.45) is 1.45. The van der Waals surface area contributed by atoms with Gasteiger partial charge in [0.2, 0.25) is 0 Å². The van der Waals surface area contributed by atoms with Crippen molar-refractivity contribution in [2.45, 2.75) is 32.2 Å². The number of alkyl halides is 1. The zero-order valence-electron chi connectivity index (χ0n) is 11.5. The molecule has 0 aliphatic carbocycles. The molecule has 1 amide bonds. The summed E-state index contributed by atoms with van der Waals surface area (Å²) >= 11 is 5.95. The number of hydrogen-bond donors (Lipinski definition) is 2. The first-order valence-electron chi connectivity index (χ1n) is 6.27. The van der Waals surface area contributed by atoms with Gasteiger partial charge in [-0.25, -0.2) is 0 Å². The fraction of sp³-hybridized carbons (Fsp3) is 0.500. The van der Waals surface area contributed by atoms with Gasteiger partial charge in [0, 0.05) is 5.88 Å². The average molecular weight is 286 g/mol. The molecule has 0 bridgehead atoms. The quantitative estimate of drug-likeness (QED) is 0.790. The molecule has 0 heterocycles. The molecule has 4 nitrogen and oxygen atoms in total. The van der Waals surface area contributed by atoms with Gasteiger partial charge in [-0.05, 0) is 31.0 Å². The van der Waals surface area contributed by atoms with Gasteiger partial charge in [-0.3, -0.25) is 4.79 Å². The van der Waals surface area contributed by atoms with Crippen molar-refractivity contribution in [1.29, 1.82) is 0 Å². The van der Waals surface area contributed by atoms with Crippen molar-refractivity contribution in [2.75, 3.05) is 13.0 Å². The van der Waals surface area contributed by atoms with Crippen LogP contribution in [-0.4, -0.2) is 29.5 Å². The maximum atomic E-state index is 12.2. The minimum atomic E-state index is -0.450. The van der Waals surface area contributed by atoms with E-state index in [-0.39, 0.29) is 17.2 Å². The lowest BCUT2D eigenvalue weighted by atomic mass is 9.94. The second kappa shape index (κ2) is 6.66. The summed E-state index contributed by atoms with van der Waals surface area (Å²) in [6, 6.07) is 4.55. The van der Waals surface area contributed by atoms with E-state index >= 15 is 0 Å². The van der Waals surface area contributed by atoms with Crippen LogP contribution in [0.5, 0.6) is 11.5 Å². The van der Waals surface area contributed by atoms with E-state index in [1.54, 1.807) is 6.07 Å². The molecular formula is C14H20ClNO3. The smallest absolute Gasteiger partial charge is 0.255 e. The third-order valence-corrected chi connectivity index (χ3v) is 3.95. The Balaban J connectivity index is 3.00. The molecule has 0 aliphatic rings. The number of phenols is 1. The fourth-order valence-electron chi connectivity index (χ4n) is 1.78. The Labute approximate surface area is 118 Å². The molecule has 0 saturated carbocycles. The zero-order chi connectivity index (χ0) is 14.5. The maximum absolute atomic E-state index is 12.2. The lowest BCUT2D eigenvalue weighted by molar-refractivity contribution is 0.0899. The topological polar surface area (TPSA) is 58.6 Å². The lowest BCUT2D eigenvalue weighted by Crippen LogP contribution is -2.49. The van der Waals surface area contributed by atoms with Gasteiger partial charge in [-0.15, -0.1) is 11.6 Å². The van der Waals surface area contributed by atoms with Crippen molar-refractivity contribution in [1.82, 2.24) is 5.32 Å². The molecule has 1 aromatic rings. The number of carbonyl (C=O) groups excluding carboxylic acids is 1. The second-order valence-corrected chi connectivity index (χ2v) is 4.73. The van der Waals surface area contributed by atoms with Crippen LogP contribution in [0.1, 0.15) is 37.0 Å². The molecule has 0 unspecified atom stereocenters. The van der Waals surface area contributed by atoms with E-state index < -0.39 is 5.54 Å². The zero-order valence-corrected chi connectivity index (χ0v) is 12.3. The molecular weight excluding hydrogens is 266 g/mol. The minimum absolute atomic E-state index is 0.0750. The normalized spacial score (nSPS) is 11.2. The number of hydrogen-bond acceptors (Lipinski definition) is 3. The molecule has 5 heteroatoms. The van der Waals surface area contributed by atoms with Crippen LogP contribution in [0, 0.1) is 0 Å². The molecule has 1 rings (SSSR count). The minimum Gasteiger partial charge on any atom is -0.507 e. The van der Waals surface area contributed by atoms with E-state index in [0.29, 0.717) is 11.6 Å². The predicted octanol–water partition coefficient (Wildman–Crippen LogP) is 2.93.